The summed E-state index contributed by atoms with van der Waals surface area (Å²) in [6.07, 6.45) is 2.29. The summed E-state index contributed by atoms with van der Waals surface area (Å²) >= 11 is 1.41. The van der Waals surface area contributed by atoms with Crippen LogP contribution in [0.5, 0.6) is 5.75 Å². The van der Waals surface area contributed by atoms with E-state index in [2.05, 4.69) is 39.8 Å². The minimum absolute atomic E-state index is 0.0307. The van der Waals surface area contributed by atoms with Crippen molar-refractivity contribution in [1.82, 2.24) is 5.32 Å². The van der Waals surface area contributed by atoms with Crippen molar-refractivity contribution in [3.8, 4) is 5.75 Å². The van der Waals surface area contributed by atoms with E-state index in [9.17, 15) is 4.79 Å². The number of aryl methyl sites for hydroxylation is 1. The number of hydrogen-bond acceptors (Lipinski definition) is 5. The summed E-state index contributed by atoms with van der Waals surface area (Å²) in [5.74, 6) is 0.698. The molecule has 0 unspecified atom stereocenters. The van der Waals surface area contributed by atoms with Crippen LogP contribution in [0.15, 0.2) is 58.7 Å². The number of rotatable bonds is 5. The number of benzene rings is 2. The van der Waals surface area contributed by atoms with Crippen LogP contribution in [-0.4, -0.2) is 29.6 Å². The van der Waals surface area contributed by atoms with Gasteiger partial charge < -0.3 is 10.1 Å². The van der Waals surface area contributed by atoms with Crippen molar-refractivity contribution >= 4 is 29.1 Å². The molecule has 2 aromatic rings. The number of carbonyl (C=O) groups is 1. The number of methoxy groups -OCH3 is 1. The number of nitrogens with zero attached hydrogens (tertiary/aromatic N) is 2. The molecule has 1 saturated heterocycles. The molecule has 5 nitrogen and oxygen atoms in total. The lowest BCUT2D eigenvalue weighted by molar-refractivity contribution is -0.118. The van der Waals surface area contributed by atoms with Gasteiger partial charge in [-0.25, -0.2) is 0 Å². The fourth-order valence-corrected chi connectivity index (χ4v) is 3.41. The number of thioether (sulfide) groups is 1. The lowest BCUT2D eigenvalue weighted by Crippen LogP contribution is -2.25. The third kappa shape index (κ3) is 4.48. The Morgan fingerprint density at radius 3 is 2.72 bits per heavy atom. The molecule has 1 amide bonds. The molecule has 0 saturated carbocycles. The average Bonchev–Trinajstić information content (AvgIpc) is 2.97. The third-order valence-corrected chi connectivity index (χ3v) is 4.87. The van der Waals surface area contributed by atoms with Crippen LogP contribution in [-0.2, 0) is 11.2 Å². The first kappa shape index (κ1) is 17.2. The maximum absolute atomic E-state index is 12.1. The molecular weight excluding hydrogens is 334 g/mol. The van der Waals surface area contributed by atoms with Gasteiger partial charge in [0.2, 0.25) is 5.91 Å². The lowest BCUT2D eigenvalue weighted by atomic mass is 10.1. The second-order valence-corrected chi connectivity index (χ2v) is 6.87. The highest BCUT2D eigenvalue weighted by molar-refractivity contribution is 8.15. The highest BCUT2D eigenvalue weighted by Gasteiger charge is 2.30. The van der Waals surface area contributed by atoms with Crippen LogP contribution in [0.25, 0.3) is 0 Å². The maximum Gasteiger partial charge on any atom is 0.239 e. The Hall–Kier alpha value is -2.60. The first-order valence-electron chi connectivity index (χ1n) is 7.93. The molecule has 6 heteroatoms. The summed E-state index contributed by atoms with van der Waals surface area (Å²) in [7, 11) is 1.61. The second kappa shape index (κ2) is 7.98. The van der Waals surface area contributed by atoms with Crippen LogP contribution in [0.1, 0.15) is 16.7 Å². The summed E-state index contributed by atoms with van der Waals surface area (Å²) in [4.78, 5) is 12.1. The van der Waals surface area contributed by atoms with E-state index in [1.165, 1.54) is 17.3 Å². The van der Waals surface area contributed by atoms with Gasteiger partial charge in [0.05, 0.1) is 18.6 Å². The standard InChI is InChI=1S/C19H19N3O2S/c1-13-7-9-14(10-8-13)11-17-18(23)21-19(25-17)22-20-12-15-5-3-4-6-16(15)24-2/h3-10,12,17H,11H2,1-2H3,(H,21,22,23)/b20-12-/t17-/m1/s1. The van der Waals surface area contributed by atoms with Crippen molar-refractivity contribution < 1.29 is 9.53 Å². The Morgan fingerprint density at radius 1 is 1.20 bits per heavy atom. The molecule has 0 aromatic heterocycles. The summed E-state index contributed by atoms with van der Waals surface area (Å²) in [6.45, 7) is 2.05. The normalized spacial score (nSPS) is 18.7. The van der Waals surface area contributed by atoms with Crippen molar-refractivity contribution in [2.75, 3.05) is 7.11 Å². The molecule has 1 aliphatic heterocycles. The molecule has 0 aliphatic carbocycles. The van der Waals surface area contributed by atoms with Gasteiger partial charge in [-0.05, 0) is 31.0 Å². The quantitative estimate of drug-likeness (QED) is 0.663. The zero-order valence-corrected chi connectivity index (χ0v) is 14.9. The van der Waals surface area contributed by atoms with Crippen LogP contribution in [0.3, 0.4) is 0 Å². The number of hydrogen-bond donors (Lipinski definition) is 1. The van der Waals surface area contributed by atoms with Crippen molar-refractivity contribution in [3.63, 3.8) is 0 Å². The number of ether oxygens (including phenoxy) is 1. The van der Waals surface area contributed by atoms with Crippen molar-refractivity contribution in [2.45, 2.75) is 18.6 Å². The Bertz CT molecular complexity index is 816. The SMILES string of the molecule is COc1ccccc1/C=N\N=C1/NC(=O)[C@@H](Cc2ccc(C)cc2)S1. The number of amidine groups is 1. The fourth-order valence-electron chi connectivity index (χ4n) is 2.44. The zero-order valence-electron chi connectivity index (χ0n) is 14.1. The van der Waals surface area contributed by atoms with Gasteiger partial charge in [0, 0.05) is 5.56 Å². The first-order valence-corrected chi connectivity index (χ1v) is 8.81. The van der Waals surface area contributed by atoms with Crippen LogP contribution in [0.2, 0.25) is 0 Å². The van der Waals surface area contributed by atoms with Crippen molar-refractivity contribution in [2.24, 2.45) is 10.2 Å². The average molecular weight is 353 g/mol. The zero-order chi connectivity index (χ0) is 17.6. The second-order valence-electron chi connectivity index (χ2n) is 5.68. The van der Waals surface area contributed by atoms with Gasteiger partial charge in [-0.1, -0.05) is 53.7 Å². The predicted octanol–water partition coefficient (Wildman–Crippen LogP) is 3.17. The Balaban J connectivity index is 1.64. The molecule has 1 N–H and O–H groups in total. The summed E-state index contributed by atoms with van der Waals surface area (Å²) in [6, 6.07) is 15.8. The van der Waals surface area contributed by atoms with E-state index >= 15 is 0 Å². The van der Waals surface area contributed by atoms with Gasteiger partial charge in [0.1, 0.15) is 5.75 Å². The minimum atomic E-state index is -0.178. The van der Waals surface area contributed by atoms with E-state index in [0.717, 1.165) is 16.9 Å². The Labute approximate surface area is 151 Å². The van der Waals surface area contributed by atoms with Gasteiger partial charge in [0.25, 0.3) is 0 Å². The van der Waals surface area contributed by atoms with E-state index in [-0.39, 0.29) is 11.2 Å². The van der Waals surface area contributed by atoms with E-state index in [1.807, 2.05) is 31.2 Å². The van der Waals surface area contributed by atoms with Gasteiger partial charge in [0.15, 0.2) is 5.17 Å². The summed E-state index contributed by atoms with van der Waals surface area (Å²) < 4.78 is 5.26. The lowest BCUT2D eigenvalue weighted by Gasteiger charge is -2.05. The molecule has 1 fully saturated rings. The molecule has 2 aromatic carbocycles. The van der Waals surface area contributed by atoms with Crippen molar-refractivity contribution in [3.05, 3.63) is 65.2 Å². The van der Waals surface area contributed by atoms with Crippen LogP contribution >= 0.6 is 11.8 Å². The molecule has 0 radical (unpaired) electrons. The molecule has 25 heavy (non-hydrogen) atoms. The van der Waals surface area contributed by atoms with Crippen LogP contribution in [0.4, 0.5) is 0 Å². The van der Waals surface area contributed by atoms with Gasteiger partial charge >= 0.3 is 0 Å². The minimum Gasteiger partial charge on any atom is -0.496 e. The van der Waals surface area contributed by atoms with E-state index < -0.39 is 0 Å². The van der Waals surface area contributed by atoms with E-state index in [1.54, 1.807) is 13.3 Å². The molecule has 128 valence electrons. The molecule has 1 aliphatic rings. The van der Waals surface area contributed by atoms with Gasteiger partial charge in [-0.2, -0.15) is 5.10 Å². The topological polar surface area (TPSA) is 63.1 Å². The molecule has 0 bridgehead atoms. The Kier molecular flexibility index (Phi) is 5.50. The van der Waals surface area contributed by atoms with Crippen LogP contribution in [0, 0.1) is 6.92 Å². The van der Waals surface area contributed by atoms with Gasteiger partial charge in [-0.3, -0.25) is 4.79 Å². The Morgan fingerprint density at radius 2 is 1.96 bits per heavy atom. The monoisotopic (exact) mass is 353 g/mol. The van der Waals surface area contributed by atoms with Gasteiger partial charge in [-0.15, -0.1) is 5.10 Å². The fraction of sp³-hybridized carbons (Fsp3) is 0.211. The number of amides is 1. The predicted molar refractivity (Wildman–Crippen MR) is 102 cm³/mol. The van der Waals surface area contributed by atoms with E-state index in [0.29, 0.717) is 11.6 Å². The highest BCUT2D eigenvalue weighted by atomic mass is 32.2. The van der Waals surface area contributed by atoms with Crippen LogP contribution < -0.4 is 10.1 Å². The molecule has 3 rings (SSSR count). The maximum atomic E-state index is 12.1. The number of carbonyl (C=O) groups excluding carboxylic acids is 1. The summed E-state index contributed by atoms with van der Waals surface area (Å²) in [5.41, 5.74) is 3.18. The molecule has 1 atom stereocenters. The molecule has 0 spiro atoms. The number of para-hydroxylation sites is 1. The largest absolute Gasteiger partial charge is 0.496 e. The first-order chi connectivity index (χ1) is 12.2. The smallest absolute Gasteiger partial charge is 0.239 e. The van der Waals surface area contributed by atoms with Crippen molar-refractivity contribution in [1.29, 1.82) is 0 Å². The van der Waals surface area contributed by atoms with E-state index in [4.69, 9.17) is 4.74 Å². The molecule has 1 heterocycles. The summed E-state index contributed by atoms with van der Waals surface area (Å²) in [5, 5.41) is 11.3. The molecular formula is C19H19N3O2S. The third-order valence-electron chi connectivity index (χ3n) is 3.80. The highest BCUT2D eigenvalue weighted by Crippen LogP contribution is 2.23. The number of nitrogens with one attached hydrogen (secondary N) is 1.